The van der Waals surface area contributed by atoms with Crippen LogP contribution in [0.4, 0.5) is 0 Å². The minimum absolute atomic E-state index is 1.13. The number of hydrogen-bond acceptors (Lipinski definition) is 0. The molecule has 0 aromatic heterocycles. The Labute approximate surface area is 275 Å². The second kappa shape index (κ2) is 8.78. The van der Waals surface area contributed by atoms with Crippen molar-refractivity contribution in [2.75, 3.05) is 0 Å². The first-order valence-corrected chi connectivity index (χ1v) is 20.2. The summed E-state index contributed by atoms with van der Waals surface area (Å²) < 4.78 is 6.79. The molecule has 6 heteroatoms. The first-order chi connectivity index (χ1) is 16.1. The molecule has 0 saturated heterocycles. The molecule has 0 radical (unpaired) electrons. The third kappa shape index (κ3) is 2.89. The first-order valence-electron chi connectivity index (χ1n) is 11.1. The fourth-order valence-electron chi connectivity index (χ4n) is 7.23. The highest BCUT2D eigenvalue weighted by molar-refractivity contribution is 14.1. The number of alkyl halides is 6. The van der Waals surface area contributed by atoms with Gasteiger partial charge in [0.1, 0.15) is 0 Å². The van der Waals surface area contributed by atoms with E-state index in [0.717, 1.165) is 45.8 Å². The van der Waals surface area contributed by atoms with Crippen LogP contribution in [-0.2, 0) is 45.8 Å². The van der Waals surface area contributed by atoms with E-state index in [-0.39, 0.29) is 0 Å². The molecule has 4 aromatic carbocycles. The van der Waals surface area contributed by atoms with Crippen LogP contribution in [0.1, 0.15) is 66.8 Å². The van der Waals surface area contributed by atoms with Crippen LogP contribution < -0.4 is 0 Å². The van der Waals surface area contributed by atoms with Crippen molar-refractivity contribution < 1.29 is 0 Å². The molecule has 0 atom stereocenters. The Kier molecular flexibility index (Phi) is 6.42. The van der Waals surface area contributed by atoms with Crippen molar-refractivity contribution in [1.29, 1.82) is 0 Å². The number of rotatable bonds is 6. The molecule has 0 N–H and O–H groups in total. The van der Waals surface area contributed by atoms with Gasteiger partial charge in [-0.2, -0.15) is 0 Å². The van der Waals surface area contributed by atoms with E-state index in [1.807, 2.05) is 0 Å². The van der Waals surface area contributed by atoms with Crippen molar-refractivity contribution in [2.24, 2.45) is 0 Å². The molecule has 3 aliphatic rings. The van der Waals surface area contributed by atoms with E-state index in [9.17, 15) is 0 Å². The molecule has 3 aliphatic carbocycles. The van der Waals surface area contributed by atoms with Crippen molar-refractivity contribution in [2.45, 2.75) is 45.8 Å². The van der Waals surface area contributed by atoms with Crippen LogP contribution in [0.2, 0.25) is 0 Å². The van der Waals surface area contributed by atoms with Crippen LogP contribution in [0.25, 0.3) is 32.3 Å². The molecule has 4 aromatic rings. The summed E-state index contributed by atoms with van der Waals surface area (Å²) in [4.78, 5) is 0. The van der Waals surface area contributed by atoms with Crippen LogP contribution in [0.5, 0.6) is 0 Å². The summed E-state index contributed by atoms with van der Waals surface area (Å²) >= 11 is 15.8. The molecule has 0 aliphatic heterocycles. The van der Waals surface area contributed by atoms with E-state index in [2.05, 4.69) is 136 Å². The zero-order chi connectivity index (χ0) is 22.8. The Bertz CT molecular complexity index is 1260. The molecule has 168 valence electrons. The Morgan fingerprint density at radius 2 is 0.455 bits per heavy atom. The second-order valence-electron chi connectivity index (χ2n) is 9.32. The van der Waals surface area contributed by atoms with Crippen LogP contribution in [0.15, 0.2) is 0 Å². The molecule has 0 amide bonds. The summed E-state index contributed by atoms with van der Waals surface area (Å²) in [6.45, 7) is 0. The molecule has 0 spiro atoms. The summed E-state index contributed by atoms with van der Waals surface area (Å²) in [5.41, 5.74) is 20.1. The van der Waals surface area contributed by atoms with Gasteiger partial charge in [0, 0.05) is 26.6 Å². The van der Waals surface area contributed by atoms with Crippen molar-refractivity contribution in [1.82, 2.24) is 0 Å². The van der Waals surface area contributed by atoms with E-state index in [1.165, 1.54) is 0 Å². The third-order valence-electron chi connectivity index (χ3n) is 8.45. The van der Waals surface area contributed by atoms with Crippen LogP contribution in [0, 0.1) is 0 Å². The first kappa shape index (κ1) is 24.1. The Hall–Kier alpha value is 2.04. The second-order valence-corrected chi connectivity index (χ2v) is 13.9. The van der Waals surface area contributed by atoms with Gasteiger partial charge in [0.15, 0.2) is 0 Å². The average molecular weight is 1100 g/mol. The predicted octanol–water partition coefficient (Wildman–Crippen LogP) is 10.5. The van der Waals surface area contributed by atoms with Gasteiger partial charge in [-0.15, -0.1) is 0 Å². The standard InChI is InChI=1S/C27H18I6/c28-4-16-10-1-11-17(5-29)19(7-31)13-3-15-21(9-33)20(8-32)14-2-12(18(16)6-30)24-22(10)23(11)25(13)27(15)26(14)24/h1-9H2. The lowest BCUT2D eigenvalue weighted by molar-refractivity contribution is 1.12. The van der Waals surface area contributed by atoms with Gasteiger partial charge in [-0.3, -0.25) is 0 Å². The minimum atomic E-state index is 1.13. The highest BCUT2D eigenvalue weighted by Crippen LogP contribution is 2.58. The van der Waals surface area contributed by atoms with E-state index < -0.39 is 0 Å². The average Bonchev–Trinajstić information content (AvgIpc) is 3.52. The van der Waals surface area contributed by atoms with Crippen molar-refractivity contribution in [3.63, 3.8) is 0 Å². The van der Waals surface area contributed by atoms with Gasteiger partial charge in [0.2, 0.25) is 0 Å². The summed E-state index contributed by atoms with van der Waals surface area (Å²) in [5.74, 6) is 0. The summed E-state index contributed by atoms with van der Waals surface area (Å²) in [7, 11) is 0. The van der Waals surface area contributed by atoms with Gasteiger partial charge in [-0.05, 0) is 118 Å². The minimum Gasteiger partial charge on any atom is -0.0812 e. The van der Waals surface area contributed by atoms with E-state index >= 15 is 0 Å². The number of benzene rings is 4. The van der Waals surface area contributed by atoms with Gasteiger partial charge in [-0.1, -0.05) is 136 Å². The zero-order valence-corrected chi connectivity index (χ0v) is 30.6. The maximum Gasteiger partial charge on any atom is 0.0253 e. The predicted molar refractivity (Wildman–Crippen MR) is 194 cm³/mol. The fourth-order valence-corrected chi connectivity index (χ4v) is 12.8. The van der Waals surface area contributed by atoms with Gasteiger partial charge in [0.05, 0.1) is 0 Å². The summed E-state index contributed by atoms with van der Waals surface area (Å²) in [6.07, 6.45) is 3.48. The van der Waals surface area contributed by atoms with Crippen molar-refractivity contribution >= 4 is 168 Å². The molecule has 0 saturated carbocycles. The highest BCUT2D eigenvalue weighted by atomic mass is 127. The zero-order valence-electron chi connectivity index (χ0n) is 17.6. The van der Waals surface area contributed by atoms with Crippen molar-refractivity contribution in [3.05, 3.63) is 66.8 Å². The highest BCUT2D eigenvalue weighted by Gasteiger charge is 2.38. The Morgan fingerprint density at radius 1 is 0.303 bits per heavy atom. The molecule has 0 heterocycles. The molecular formula is C27H18I6. The lowest BCUT2D eigenvalue weighted by atomic mass is 9.88. The SMILES string of the molecule is ICc1c(CI)c2c3c4c1Cc1c(CI)c(CI)c5c(c14)c1c(c(CI)c(CI)c(c31)C2)C5. The van der Waals surface area contributed by atoms with E-state index in [4.69, 9.17) is 0 Å². The molecule has 33 heavy (non-hydrogen) atoms. The van der Waals surface area contributed by atoms with Crippen LogP contribution >= 0.6 is 136 Å². The van der Waals surface area contributed by atoms with Gasteiger partial charge < -0.3 is 0 Å². The quantitative estimate of drug-likeness (QED) is 0.0885. The van der Waals surface area contributed by atoms with Gasteiger partial charge in [0.25, 0.3) is 0 Å². The smallest absolute Gasteiger partial charge is 0.0253 e. The number of halogens is 6. The van der Waals surface area contributed by atoms with Gasteiger partial charge >= 0.3 is 0 Å². The lowest BCUT2D eigenvalue weighted by Gasteiger charge is -2.17. The van der Waals surface area contributed by atoms with E-state index in [1.54, 1.807) is 99.1 Å². The van der Waals surface area contributed by atoms with Gasteiger partial charge in [-0.25, -0.2) is 0 Å². The molecule has 0 unspecified atom stereocenters. The van der Waals surface area contributed by atoms with Crippen LogP contribution in [0.3, 0.4) is 0 Å². The molecule has 0 fully saturated rings. The Morgan fingerprint density at radius 3 is 0.576 bits per heavy atom. The third-order valence-corrected chi connectivity index (χ3v) is 13.0. The monoisotopic (exact) mass is 1100 g/mol. The molecule has 0 bridgehead atoms. The maximum absolute atomic E-state index is 2.64. The van der Waals surface area contributed by atoms with Crippen molar-refractivity contribution in [3.8, 4) is 0 Å². The lowest BCUT2D eigenvalue weighted by Crippen LogP contribution is -2.02. The molecule has 7 rings (SSSR count). The van der Waals surface area contributed by atoms with Crippen LogP contribution in [-0.4, -0.2) is 0 Å². The van der Waals surface area contributed by atoms with E-state index in [0.29, 0.717) is 0 Å². The summed E-state index contributed by atoms with van der Waals surface area (Å²) in [6, 6.07) is 0. The number of hydrogen-bond donors (Lipinski definition) is 0. The largest absolute Gasteiger partial charge is 0.0812 e. The maximum atomic E-state index is 2.64. The Balaban J connectivity index is 1.85. The molecular weight excluding hydrogens is 1090 g/mol. The summed E-state index contributed by atoms with van der Waals surface area (Å²) in [5, 5.41) is 10.0. The molecule has 0 nitrogen and oxygen atoms in total. The topological polar surface area (TPSA) is 0 Å². The fraction of sp³-hybridized carbons (Fsp3) is 0.333. The normalized spacial score (nSPS) is 14.7.